The summed E-state index contributed by atoms with van der Waals surface area (Å²) in [5, 5.41) is 4.59. The van der Waals surface area contributed by atoms with Crippen LogP contribution in [0.5, 0.6) is 11.5 Å². The molecule has 0 aromatic carbocycles. The van der Waals surface area contributed by atoms with Gasteiger partial charge in [0.2, 0.25) is 0 Å². The summed E-state index contributed by atoms with van der Waals surface area (Å²) in [5.41, 5.74) is 3.57. The van der Waals surface area contributed by atoms with Crippen molar-refractivity contribution in [3.8, 4) is 11.5 Å². The molecule has 0 bridgehead atoms. The van der Waals surface area contributed by atoms with Crippen molar-refractivity contribution < 1.29 is 9.53 Å². The molecule has 0 aliphatic carbocycles. The highest BCUT2D eigenvalue weighted by molar-refractivity contribution is 6.30. The summed E-state index contributed by atoms with van der Waals surface area (Å²) in [7, 11) is 0. The van der Waals surface area contributed by atoms with E-state index in [1.807, 2.05) is 26.0 Å². The molecular weight excluding hydrogens is 378 g/mol. The lowest BCUT2D eigenvalue weighted by atomic mass is 10.1. The predicted octanol–water partition coefficient (Wildman–Crippen LogP) is 4.01. The van der Waals surface area contributed by atoms with Crippen LogP contribution in [-0.4, -0.2) is 30.3 Å². The third-order valence-corrected chi connectivity index (χ3v) is 4.52. The standard InChI is InChI=1S/C20H16ClN5O2/c1-12-3-4-15(25-13(12)2)6-19(27)18-7-17(10-26-20(18)23-11-24-26)28-16-5-14(21)8-22-9-16/h3-5,7-11H,6H2,1-2H3. The Balaban J connectivity index is 1.68. The van der Waals surface area contributed by atoms with Crippen LogP contribution in [0, 0.1) is 13.8 Å². The number of hydrogen-bond acceptors (Lipinski definition) is 6. The monoisotopic (exact) mass is 393 g/mol. The van der Waals surface area contributed by atoms with Gasteiger partial charge in [0.1, 0.15) is 17.8 Å². The Morgan fingerprint density at radius 3 is 2.82 bits per heavy atom. The Morgan fingerprint density at radius 1 is 1.18 bits per heavy atom. The molecule has 4 rings (SSSR count). The third kappa shape index (κ3) is 3.70. The van der Waals surface area contributed by atoms with E-state index in [0.717, 1.165) is 11.3 Å². The molecule has 4 aromatic rings. The van der Waals surface area contributed by atoms with E-state index in [1.165, 1.54) is 23.2 Å². The van der Waals surface area contributed by atoms with E-state index < -0.39 is 0 Å². The van der Waals surface area contributed by atoms with Gasteiger partial charge in [0.15, 0.2) is 11.4 Å². The molecule has 0 amide bonds. The van der Waals surface area contributed by atoms with Crippen molar-refractivity contribution in [2.75, 3.05) is 0 Å². The Bertz CT molecular complexity index is 1190. The second-order valence-electron chi connectivity index (χ2n) is 6.36. The first kappa shape index (κ1) is 18.1. The number of aromatic nitrogens is 5. The van der Waals surface area contributed by atoms with E-state index in [-0.39, 0.29) is 12.2 Å². The van der Waals surface area contributed by atoms with Crippen LogP contribution in [0.1, 0.15) is 27.3 Å². The lowest BCUT2D eigenvalue weighted by molar-refractivity contribution is 0.0992. The van der Waals surface area contributed by atoms with Crippen molar-refractivity contribution in [1.29, 1.82) is 0 Å². The quantitative estimate of drug-likeness (QED) is 0.476. The highest BCUT2D eigenvalue weighted by Gasteiger charge is 2.17. The SMILES string of the molecule is Cc1ccc(CC(=O)c2cc(Oc3cncc(Cl)c3)cn3ncnc23)nc1C. The molecule has 4 heterocycles. The molecule has 0 unspecified atom stereocenters. The Morgan fingerprint density at radius 2 is 2.04 bits per heavy atom. The molecule has 140 valence electrons. The summed E-state index contributed by atoms with van der Waals surface area (Å²) < 4.78 is 7.32. The largest absolute Gasteiger partial charge is 0.454 e. The maximum atomic E-state index is 13.0. The molecule has 0 aliphatic rings. The van der Waals surface area contributed by atoms with Crippen LogP contribution in [0.25, 0.3) is 5.65 Å². The zero-order valence-electron chi connectivity index (χ0n) is 15.3. The summed E-state index contributed by atoms with van der Waals surface area (Å²) >= 11 is 5.95. The molecule has 0 saturated carbocycles. The van der Waals surface area contributed by atoms with Gasteiger partial charge in [0.05, 0.1) is 29.4 Å². The molecule has 0 fully saturated rings. The Labute approximate surface area is 166 Å². The summed E-state index contributed by atoms with van der Waals surface area (Å²) in [6.45, 7) is 3.91. The minimum atomic E-state index is -0.122. The van der Waals surface area contributed by atoms with E-state index in [2.05, 4.69) is 20.1 Å². The first-order valence-electron chi connectivity index (χ1n) is 8.58. The van der Waals surface area contributed by atoms with Crippen LogP contribution >= 0.6 is 11.6 Å². The van der Waals surface area contributed by atoms with Crippen LogP contribution in [0.3, 0.4) is 0 Å². The smallest absolute Gasteiger partial charge is 0.172 e. The van der Waals surface area contributed by atoms with Gasteiger partial charge in [-0.3, -0.25) is 14.8 Å². The van der Waals surface area contributed by atoms with Crippen LogP contribution in [0.4, 0.5) is 0 Å². The number of carbonyl (C=O) groups excluding carboxylic acids is 1. The van der Waals surface area contributed by atoms with E-state index in [1.54, 1.807) is 18.3 Å². The molecule has 0 saturated heterocycles. The normalized spacial score (nSPS) is 11.0. The van der Waals surface area contributed by atoms with Crippen molar-refractivity contribution in [2.45, 2.75) is 20.3 Å². The molecule has 7 nitrogen and oxygen atoms in total. The average Bonchev–Trinajstić information content (AvgIpc) is 3.12. The maximum Gasteiger partial charge on any atom is 0.172 e. The highest BCUT2D eigenvalue weighted by atomic mass is 35.5. The minimum Gasteiger partial charge on any atom is -0.454 e. The van der Waals surface area contributed by atoms with E-state index >= 15 is 0 Å². The summed E-state index contributed by atoms with van der Waals surface area (Å²) in [5.74, 6) is 0.767. The first-order chi connectivity index (χ1) is 13.5. The summed E-state index contributed by atoms with van der Waals surface area (Å²) in [6.07, 6.45) is 6.25. The van der Waals surface area contributed by atoms with Gasteiger partial charge in [-0.25, -0.2) is 9.50 Å². The summed E-state index contributed by atoms with van der Waals surface area (Å²) in [4.78, 5) is 25.7. The minimum absolute atomic E-state index is 0.122. The van der Waals surface area contributed by atoms with Crippen LogP contribution in [-0.2, 0) is 6.42 Å². The van der Waals surface area contributed by atoms with Crippen LogP contribution in [0.2, 0.25) is 5.02 Å². The molecular formula is C20H16ClN5O2. The topological polar surface area (TPSA) is 82.3 Å². The fourth-order valence-electron chi connectivity index (χ4n) is 2.79. The number of aryl methyl sites for hydroxylation is 2. The number of hydrogen-bond donors (Lipinski definition) is 0. The van der Waals surface area contributed by atoms with Crippen molar-refractivity contribution in [3.05, 3.63) is 76.7 Å². The molecule has 4 aromatic heterocycles. The third-order valence-electron chi connectivity index (χ3n) is 4.32. The zero-order valence-corrected chi connectivity index (χ0v) is 16.0. The molecule has 0 spiro atoms. The number of rotatable bonds is 5. The second kappa shape index (κ2) is 7.36. The number of carbonyl (C=O) groups is 1. The highest BCUT2D eigenvalue weighted by Crippen LogP contribution is 2.25. The van der Waals surface area contributed by atoms with Gasteiger partial charge in [0, 0.05) is 23.7 Å². The molecule has 0 radical (unpaired) electrons. The maximum absolute atomic E-state index is 13.0. The van der Waals surface area contributed by atoms with Gasteiger partial charge in [0.25, 0.3) is 0 Å². The first-order valence-corrected chi connectivity index (χ1v) is 8.95. The lowest BCUT2D eigenvalue weighted by Gasteiger charge is -2.09. The molecule has 0 N–H and O–H groups in total. The predicted molar refractivity (Wildman–Crippen MR) is 104 cm³/mol. The van der Waals surface area contributed by atoms with Crippen LogP contribution in [0.15, 0.2) is 49.2 Å². The number of Topliss-reactive ketones (excluding diaryl/α,β-unsaturated/α-hetero) is 1. The van der Waals surface area contributed by atoms with Gasteiger partial charge < -0.3 is 4.74 Å². The number of ether oxygens (including phenoxy) is 1. The fourth-order valence-corrected chi connectivity index (χ4v) is 2.95. The average molecular weight is 394 g/mol. The zero-order chi connectivity index (χ0) is 19.7. The molecule has 28 heavy (non-hydrogen) atoms. The van der Waals surface area contributed by atoms with Gasteiger partial charge in [-0.1, -0.05) is 17.7 Å². The van der Waals surface area contributed by atoms with E-state index in [0.29, 0.717) is 33.4 Å². The van der Waals surface area contributed by atoms with E-state index in [4.69, 9.17) is 16.3 Å². The fraction of sp³-hybridized carbons (Fsp3) is 0.150. The second-order valence-corrected chi connectivity index (χ2v) is 6.80. The van der Waals surface area contributed by atoms with Crippen LogP contribution < -0.4 is 4.74 Å². The molecule has 0 aliphatic heterocycles. The number of fused-ring (bicyclic) bond motifs is 1. The van der Waals surface area contributed by atoms with Crippen molar-refractivity contribution in [1.82, 2.24) is 24.6 Å². The lowest BCUT2D eigenvalue weighted by Crippen LogP contribution is -2.09. The van der Waals surface area contributed by atoms with Gasteiger partial charge in [-0.15, -0.1) is 0 Å². The number of pyridine rings is 3. The molecule has 8 heteroatoms. The van der Waals surface area contributed by atoms with E-state index in [9.17, 15) is 4.79 Å². The number of nitrogens with zero attached hydrogens (tertiary/aromatic N) is 5. The van der Waals surface area contributed by atoms with Crippen molar-refractivity contribution in [2.24, 2.45) is 0 Å². The van der Waals surface area contributed by atoms with Crippen molar-refractivity contribution in [3.63, 3.8) is 0 Å². The summed E-state index contributed by atoms with van der Waals surface area (Å²) in [6, 6.07) is 7.11. The van der Waals surface area contributed by atoms with Gasteiger partial charge >= 0.3 is 0 Å². The Kier molecular flexibility index (Phi) is 4.75. The Hall–Kier alpha value is -3.32. The molecule has 0 atom stereocenters. The van der Waals surface area contributed by atoms with Gasteiger partial charge in [-0.2, -0.15) is 5.10 Å². The van der Waals surface area contributed by atoms with Crippen molar-refractivity contribution >= 4 is 23.0 Å². The number of ketones is 1. The van der Waals surface area contributed by atoms with Gasteiger partial charge in [-0.05, 0) is 31.5 Å². The number of halogens is 1.